The highest BCUT2D eigenvalue weighted by Gasteiger charge is 2.17. The van der Waals surface area contributed by atoms with Gasteiger partial charge in [-0.3, -0.25) is 5.43 Å². The molecule has 0 radical (unpaired) electrons. The number of rotatable bonds is 7. The van der Waals surface area contributed by atoms with Gasteiger partial charge in [-0.25, -0.2) is 0 Å². The van der Waals surface area contributed by atoms with Crippen molar-refractivity contribution in [3.8, 4) is 0 Å². The van der Waals surface area contributed by atoms with Crippen LogP contribution in [0.15, 0.2) is 24.3 Å². The van der Waals surface area contributed by atoms with Crippen LogP contribution in [-0.2, 0) is 20.9 Å². The maximum absolute atomic E-state index is 5.43. The molecule has 1 rings (SSSR count). The summed E-state index contributed by atoms with van der Waals surface area (Å²) >= 11 is 10.5. The number of nitrogens with one attached hydrogen (secondary N) is 3. The van der Waals surface area contributed by atoms with E-state index >= 15 is 0 Å². The highest BCUT2D eigenvalue weighted by molar-refractivity contribution is 8.08. The van der Waals surface area contributed by atoms with Crippen LogP contribution in [0.3, 0.4) is 0 Å². The first-order chi connectivity index (χ1) is 9.49. The molecule has 0 atom stereocenters. The molecule has 0 spiro atoms. The van der Waals surface area contributed by atoms with Crippen LogP contribution in [0.2, 0.25) is 0 Å². The van der Waals surface area contributed by atoms with E-state index < -0.39 is 6.64 Å². The van der Waals surface area contributed by atoms with Crippen LogP contribution in [0.25, 0.3) is 0 Å². The van der Waals surface area contributed by atoms with Crippen molar-refractivity contribution < 1.29 is 9.05 Å². The predicted molar refractivity (Wildman–Crippen MR) is 91.2 cm³/mol. The molecule has 0 aliphatic rings. The Morgan fingerprint density at radius 3 is 2.20 bits per heavy atom. The van der Waals surface area contributed by atoms with Gasteiger partial charge in [-0.1, -0.05) is 17.7 Å². The molecular formula is C12H20N3O2PS2. The second kappa shape index (κ2) is 8.67. The van der Waals surface area contributed by atoms with Crippen LogP contribution in [0.4, 0.5) is 5.69 Å². The van der Waals surface area contributed by atoms with Crippen molar-refractivity contribution in [1.29, 1.82) is 0 Å². The molecule has 8 heteroatoms. The summed E-state index contributed by atoms with van der Waals surface area (Å²) in [6, 6.07) is 7.90. The number of anilines is 1. The van der Waals surface area contributed by atoms with E-state index in [9.17, 15) is 0 Å². The zero-order valence-corrected chi connectivity index (χ0v) is 14.3. The highest BCUT2D eigenvalue weighted by atomic mass is 32.5. The topological polar surface area (TPSA) is 54.5 Å². The lowest BCUT2D eigenvalue weighted by Gasteiger charge is -2.23. The Kier molecular flexibility index (Phi) is 7.58. The zero-order chi connectivity index (χ0) is 15.0. The second-order valence-corrected chi connectivity index (χ2v) is 7.48. The van der Waals surface area contributed by atoms with E-state index in [1.807, 2.05) is 45.0 Å². The quantitative estimate of drug-likeness (QED) is 0.403. The largest absolute Gasteiger partial charge is 0.332 e. The molecular weight excluding hydrogens is 313 g/mol. The molecule has 0 heterocycles. The van der Waals surface area contributed by atoms with Gasteiger partial charge in [0.1, 0.15) is 0 Å². The molecule has 0 bridgehead atoms. The third-order valence-corrected chi connectivity index (χ3v) is 4.91. The summed E-state index contributed by atoms with van der Waals surface area (Å²) in [6.07, 6.45) is 0. The molecule has 0 saturated carbocycles. The van der Waals surface area contributed by atoms with Crippen molar-refractivity contribution in [3.05, 3.63) is 29.8 Å². The molecule has 0 unspecified atom stereocenters. The molecule has 0 saturated heterocycles. The lowest BCUT2D eigenvalue weighted by atomic mass is 10.2. The monoisotopic (exact) mass is 333 g/mol. The molecule has 1 aromatic carbocycles. The van der Waals surface area contributed by atoms with Gasteiger partial charge in [-0.15, -0.1) is 0 Å². The summed E-state index contributed by atoms with van der Waals surface area (Å²) < 4.78 is 10.9. The van der Waals surface area contributed by atoms with Crippen molar-refractivity contribution >= 4 is 41.5 Å². The van der Waals surface area contributed by atoms with Crippen molar-refractivity contribution in [2.75, 3.05) is 18.5 Å². The van der Waals surface area contributed by atoms with E-state index in [1.165, 1.54) is 5.56 Å². The Morgan fingerprint density at radius 2 is 1.70 bits per heavy atom. The number of aryl methyl sites for hydroxylation is 1. The first-order valence-electron chi connectivity index (χ1n) is 6.29. The lowest BCUT2D eigenvalue weighted by Crippen LogP contribution is -2.39. The van der Waals surface area contributed by atoms with Crippen LogP contribution >= 0.6 is 18.9 Å². The Hall–Kier alpha value is -0.560. The third kappa shape index (κ3) is 6.26. The molecule has 0 amide bonds. The van der Waals surface area contributed by atoms with Gasteiger partial charge < -0.3 is 14.4 Å². The van der Waals surface area contributed by atoms with Crippen LogP contribution in [0.1, 0.15) is 19.4 Å². The average molecular weight is 333 g/mol. The van der Waals surface area contributed by atoms with E-state index in [-0.39, 0.29) is 0 Å². The minimum Gasteiger partial charge on any atom is -0.332 e. The molecule has 112 valence electrons. The molecule has 3 N–H and O–H groups in total. The fraction of sp³-hybridized carbons (Fsp3) is 0.417. The summed E-state index contributed by atoms with van der Waals surface area (Å²) in [4.78, 5) is 0. The molecule has 0 aromatic heterocycles. The smallest absolute Gasteiger partial charge is 0.279 e. The van der Waals surface area contributed by atoms with E-state index in [4.69, 9.17) is 33.1 Å². The SMILES string of the molecule is CCOP(=S)(NNC(=S)Nc1ccc(C)cc1)OCC. The Morgan fingerprint density at radius 1 is 1.15 bits per heavy atom. The van der Waals surface area contributed by atoms with Crippen molar-refractivity contribution in [1.82, 2.24) is 10.6 Å². The van der Waals surface area contributed by atoms with E-state index in [0.717, 1.165) is 5.69 Å². The van der Waals surface area contributed by atoms with Gasteiger partial charge in [0.2, 0.25) is 0 Å². The van der Waals surface area contributed by atoms with E-state index in [1.54, 1.807) is 0 Å². The van der Waals surface area contributed by atoms with Gasteiger partial charge in [0.25, 0.3) is 6.64 Å². The maximum Gasteiger partial charge on any atom is 0.279 e. The molecule has 0 aliphatic heterocycles. The van der Waals surface area contributed by atoms with E-state index in [0.29, 0.717) is 18.3 Å². The summed E-state index contributed by atoms with van der Waals surface area (Å²) in [6.45, 7) is 4.17. The van der Waals surface area contributed by atoms with Gasteiger partial charge in [0, 0.05) is 5.69 Å². The fourth-order valence-corrected chi connectivity index (χ4v) is 3.51. The van der Waals surface area contributed by atoms with E-state index in [2.05, 4.69) is 15.9 Å². The summed E-state index contributed by atoms with van der Waals surface area (Å²) in [5, 5.41) is 6.31. The summed E-state index contributed by atoms with van der Waals surface area (Å²) in [7, 11) is 0. The first-order valence-corrected chi connectivity index (χ1v) is 9.33. The van der Waals surface area contributed by atoms with Crippen LogP contribution in [0.5, 0.6) is 0 Å². The van der Waals surface area contributed by atoms with Gasteiger partial charge in [0.15, 0.2) is 5.11 Å². The predicted octanol–water partition coefficient (Wildman–Crippen LogP) is 3.08. The number of hydrogen-bond donors (Lipinski definition) is 3. The normalized spacial score (nSPS) is 11.2. The fourth-order valence-electron chi connectivity index (χ4n) is 1.36. The van der Waals surface area contributed by atoms with Crippen molar-refractivity contribution in [2.24, 2.45) is 0 Å². The standard InChI is InChI=1S/C12H20N3O2PS2/c1-4-16-18(20,17-5-2)15-14-12(19)13-11-8-6-10(3)7-9-11/h6-9H,4-5H2,1-3H3,(H,15,20)(H2,13,14,19). The maximum atomic E-state index is 5.43. The number of hydrogen-bond acceptors (Lipinski definition) is 4. The minimum absolute atomic E-state index is 0.405. The molecule has 1 aromatic rings. The van der Waals surface area contributed by atoms with Crippen molar-refractivity contribution in [3.63, 3.8) is 0 Å². The summed E-state index contributed by atoms with van der Waals surface area (Å²) in [5.74, 6) is 0. The molecule has 0 fully saturated rings. The third-order valence-electron chi connectivity index (χ3n) is 2.21. The van der Waals surface area contributed by atoms with Crippen molar-refractivity contribution in [2.45, 2.75) is 20.8 Å². The second-order valence-electron chi connectivity index (χ2n) is 3.89. The number of benzene rings is 1. The first kappa shape index (κ1) is 17.5. The van der Waals surface area contributed by atoms with Gasteiger partial charge in [-0.05, 0) is 56.9 Å². The molecule has 5 nitrogen and oxygen atoms in total. The average Bonchev–Trinajstić information content (AvgIpc) is 2.40. The van der Waals surface area contributed by atoms with Gasteiger partial charge in [-0.2, -0.15) is 5.20 Å². The van der Waals surface area contributed by atoms with Gasteiger partial charge >= 0.3 is 0 Å². The summed E-state index contributed by atoms with van der Waals surface area (Å²) in [5.41, 5.74) is 4.91. The Labute approximate surface area is 130 Å². The number of thiocarbonyl (C=S) groups is 1. The lowest BCUT2D eigenvalue weighted by molar-refractivity contribution is 0.256. The van der Waals surface area contributed by atoms with Crippen LogP contribution in [-0.4, -0.2) is 18.3 Å². The zero-order valence-electron chi connectivity index (χ0n) is 11.8. The minimum atomic E-state index is -2.54. The Balaban J connectivity index is 2.49. The highest BCUT2D eigenvalue weighted by Crippen LogP contribution is 2.42. The Bertz CT molecular complexity index is 472. The number of hydrazine groups is 1. The molecule has 20 heavy (non-hydrogen) atoms. The van der Waals surface area contributed by atoms with Crippen LogP contribution in [0, 0.1) is 6.92 Å². The molecule has 0 aliphatic carbocycles. The van der Waals surface area contributed by atoms with Crippen LogP contribution < -0.4 is 15.9 Å². The van der Waals surface area contributed by atoms with Gasteiger partial charge in [0.05, 0.1) is 13.2 Å².